The Morgan fingerprint density at radius 1 is 1.14 bits per heavy atom. The number of ether oxygens (including phenoxy) is 1. The predicted octanol–water partition coefficient (Wildman–Crippen LogP) is 2.17. The van der Waals surface area contributed by atoms with Crippen LogP contribution in [0.2, 0.25) is 0 Å². The maximum absolute atomic E-state index is 11.6. The maximum atomic E-state index is 11.6. The van der Waals surface area contributed by atoms with Crippen molar-refractivity contribution in [1.29, 1.82) is 0 Å². The van der Waals surface area contributed by atoms with Crippen LogP contribution in [0.5, 0.6) is 0 Å². The van der Waals surface area contributed by atoms with E-state index in [1.54, 1.807) is 0 Å². The Morgan fingerprint density at radius 2 is 1.90 bits per heavy atom. The fourth-order valence-electron chi connectivity index (χ4n) is 1.84. The van der Waals surface area contributed by atoms with Crippen LogP contribution in [0.4, 0.5) is 0 Å². The first-order chi connectivity index (χ1) is 10.2. The van der Waals surface area contributed by atoms with Gasteiger partial charge in [0.1, 0.15) is 18.1 Å². The van der Waals surface area contributed by atoms with Crippen LogP contribution in [-0.2, 0) is 20.7 Å². The predicted molar refractivity (Wildman–Crippen MR) is 77.5 cm³/mol. The van der Waals surface area contributed by atoms with Gasteiger partial charge in [0, 0.05) is 18.4 Å². The van der Waals surface area contributed by atoms with Crippen LogP contribution in [0.3, 0.4) is 0 Å². The van der Waals surface area contributed by atoms with Crippen molar-refractivity contribution >= 4 is 11.9 Å². The summed E-state index contributed by atoms with van der Waals surface area (Å²) >= 11 is 0. The molecule has 0 bridgehead atoms. The van der Waals surface area contributed by atoms with Crippen molar-refractivity contribution in [3.8, 4) is 11.3 Å². The number of aryl methyl sites for hydroxylation is 1. The van der Waals surface area contributed by atoms with Crippen LogP contribution < -0.4 is 5.32 Å². The molecule has 1 N–H and O–H groups in total. The monoisotopic (exact) mass is 287 g/mol. The summed E-state index contributed by atoms with van der Waals surface area (Å²) in [6.45, 7) is -0.108. The van der Waals surface area contributed by atoms with Crippen molar-refractivity contribution in [3.63, 3.8) is 0 Å². The highest BCUT2D eigenvalue weighted by molar-refractivity contribution is 5.81. The van der Waals surface area contributed by atoms with E-state index in [1.165, 1.54) is 7.11 Å². The molecule has 21 heavy (non-hydrogen) atoms. The molecule has 110 valence electrons. The van der Waals surface area contributed by atoms with Crippen molar-refractivity contribution < 1.29 is 18.7 Å². The average Bonchev–Trinajstić information content (AvgIpc) is 3.00. The van der Waals surface area contributed by atoms with Gasteiger partial charge in [-0.3, -0.25) is 9.59 Å². The number of carbonyl (C=O) groups is 2. The average molecular weight is 287 g/mol. The van der Waals surface area contributed by atoms with Gasteiger partial charge in [-0.2, -0.15) is 0 Å². The van der Waals surface area contributed by atoms with E-state index in [2.05, 4.69) is 10.1 Å². The van der Waals surface area contributed by atoms with Gasteiger partial charge in [0.25, 0.3) is 0 Å². The largest absolute Gasteiger partial charge is 0.468 e. The van der Waals surface area contributed by atoms with Crippen LogP contribution in [0.15, 0.2) is 46.9 Å². The second-order valence-electron chi connectivity index (χ2n) is 4.48. The molecule has 0 radical (unpaired) electrons. The Morgan fingerprint density at radius 3 is 2.62 bits per heavy atom. The summed E-state index contributed by atoms with van der Waals surface area (Å²) in [6.07, 6.45) is 0.749. The van der Waals surface area contributed by atoms with Crippen LogP contribution in [0, 0.1) is 0 Å². The number of hydrogen-bond acceptors (Lipinski definition) is 4. The molecule has 0 unspecified atom stereocenters. The van der Waals surface area contributed by atoms with Crippen molar-refractivity contribution in [2.24, 2.45) is 0 Å². The van der Waals surface area contributed by atoms with Gasteiger partial charge >= 0.3 is 5.97 Å². The molecule has 1 aromatic heterocycles. The topological polar surface area (TPSA) is 68.5 Å². The van der Waals surface area contributed by atoms with E-state index in [9.17, 15) is 9.59 Å². The smallest absolute Gasteiger partial charge is 0.325 e. The molecule has 1 heterocycles. The molecular weight excluding hydrogens is 270 g/mol. The van der Waals surface area contributed by atoms with Crippen molar-refractivity contribution in [2.75, 3.05) is 13.7 Å². The molecule has 0 saturated heterocycles. The minimum atomic E-state index is -0.465. The van der Waals surface area contributed by atoms with Crippen molar-refractivity contribution in [3.05, 3.63) is 48.2 Å². The number of hydrogen-bond donors (Lipinski definition) is 1. The lowest BCUT2D eigenvalue weighted by Gasteiger charge is -2.02. The van der Waals surface area contributed by atoms with Crippen molar-refractivity contribution in [1.82, 2.24) is 5.32 Å². The molecule has 2 rings (SSSR count). The molecule has 1 amide bonds. The standard InChI is InChI=1S/C16H17NO4/c1-20-16(19)11-17-15(18)10-8-13-7-9-14(21-13)12-5-3-2-4-6-12/h2-7,9H,8,10-11H2,1H3,(H,17,18). The molecule has 0 atom stereocenters. The molecule has 5 nitrogen and oxygen atoms in total. The summed E-state index contributed by atoms with van der Waals surface area (Å²) in [5.74, 6) is 0.841. The fraction of sp³-hybridized carbons (Fsp3) is 0.250. The molecule has 0 spiro atoms. The minimum absolute atomic E-state index is 0.108. The van der Waals surface area contributed by atoms with Crippen LogP contribution >= 0.6 is 0 Å². The van der Waals surface area contributed by atoms with E-state index in [4.69, 9.17) is 4.42 Å². The Labute approximate surface area is 122 Å². The fourth-order valence-corrected chi connectivity index (χ4v) is 1.84. The third-order valence-electron chi connectivity index (χ3n) is 2.98. The summed E-state index contributed by atoms with van der Waals surface area (Å²) < 4.78 is 10.1. The number of esters is 1. The Balaban J connectivity index is 1.83. The lowest BCUT2D eigenvalue weighted by molar-refractivity contribution is -0.141. The zero-order valence-electron chi connectivity index (χ0n) is 11.8. The van der Waals surface area contributed by atoms with Gasteiger partial charge in [-0.15, -0.1) is 0 Å². The molecule has 0 aliphatic carbocycles. The van der Waals surface area contributed by atoms with Gasteiger partial charge in [-0.1, -0.05) is 30.3 Å². The minimum Gasteiger partial charge on any atom is -0.468 e. The second kappa shape index (κ2) is 7.28. The van der Waals surface area contributed by atoms with Gasteiger partial charge in [0.15, 0.2) is 0 Å². The second-order valence-corrected chi connectivity index (χ2v) is 4.48. The molecular formula is C16H17NO4. The zero-order chi connectivity index (χ0) is 15.1. The summed E-state index contributed by atoms with van der Waals surface area (Å²) in [7, 11) is 1.28. The third kappa shape index (κ3) is 4.49. The van der Waals surface area contributed by atoms with Crippen LogP contribution in [0.25, 0.3) is 11.3 Å². The van der Waals surface area contributed by atoms with E-state index >= 15 is 0 Å². The first-order valence-corrected chi connectivity index (χ1v) is 6.66. The maximum Gasteiger partial charge on any atom is 0.325 e. The van der Waals surface area contributed by atoms with E-state index < -0.39 is 5.97 Å². The number of carbonyl (C=O) groups excluding carboxylic acids is 2. The van der Waals surface area contributed by atoms with Crippen molar-refractivity contribution in [2.45, 2.75) is 12.8 Å². The first-order valence-electron chi connectivity index (χ1n) is 6.66. The number of benzene rings is 1. The zero-order valence-corrected chi connectivity index (χ0v) is 11.8. The highest BCUT2D eigenvalue weighted by atomic mass is 16.5. The Bertz CT molecular complexity index is 604. The summed E-state index contributed by atoms with van der Waals surface area (Å²) in [6, 6.07) is 13.5. The van der Waals surface area contributed by atoms with Gasteiger partial charge < -0.3 is 14.5 Å². The van der Waals surface area contributed by atoms with E-state index in [-0.39, 0.29) is 18.9 Å². The molecule has 0 saturated carbocycles. The van der Waals surface area contributed by atoms with Gasteiger partial charge in [-0.05, 0) is 12.1 Å². The third-order valence-corrected chi connectivity index (χ3v) is 2.98. The van der Waals surface area contributed by atoms with E-state index in [0.717, 1.165) is 17.1 Å². The quantitative estimate of drug-likeness (QED) is 0.827. The lowest BCUT2D eigenvalue weighted by atomic mass is 10.2. The lowest BCUT2D eigenvalue weighted by Crippen LogP contribution is -2.30. The van der Waals surface area contributed by atoms with Crippen LogP contribution in [-0.4, -0.2) is 25.5 Å². The molecule has 0 aliphatic heterocycles. The number of methoxy groups -OCH3 is 1. The Kier molecular flexibility index (Phi) is 5.15. The van der Waals surface area contributed by atoms with Gasteiger partial charge in [-0.25, -0.2) is 0 Å². The normalized spacial score (nSPS) is 10.1. The van der Waals surface area contributed by atoms with E-state index in [0.29, 0.717) is 6.42 Å². The van der Waals surface area contributed by atoms with E-state index in [1.807, 2.05) is 42.5 Å². The number of nitrogens with one attached hydrogen (secondary N) is 1. The summed E-state index contributed by atoms with van der Waals surface area (Å²) in [5, 5.41) is 2.49. The first kappa shape index (κ1) is 14.8. The Hall–Kier alpha value is -2.56. The molecule has 2 aromatic rings. The highest BCUT2D eigenvalue weighted by Crippen LogP contribution is 2.22. The van der Waals surface area contributed by atoms with Gasteiger partial charge in [0.2, 0.25) is 5.91 Å². The summed E-state index contributed by atoms with van der Waals surface area (Å²) in [5.41, 5.74) is 0.999. The summed E-state index contributed by atoms with van der Waals surface area (Å²) in [4.78, 5) is 22.4. The molecule has 1 aromatic carbocycles. The molecule has 5 heteroatoms. The molecule has 0 fully saturated rings. The molecule has 0 aliphatic rings. The SMILES string of the molecule is COC(=O)CNC(=O)CCc1ccc(-c2ccccc2)o1. The number of rotatable bonds is 6. The van der Waals surface area contributed by atoms with Crippen LogP contribution in [0.1, 0.15) is 12.2 Å². The highest BCUT2D eigenvalue weighted by Gasteiger charge is 2.08. The number of furan rings is 1. The number of amides is 1. The van der Waals surface area contributed by atoms with Gasteiger partial charge in [0.05, 0.1) is 7.11 Å².